The van der Waals surface area contributed by atoms with E-state index in [0.717, 1.165) is 5.56 Å². The highest BCUT2D eigenvalue weighted by atomic mass is 19.4. The van der Waals surface area contributed by atoms with E-state index in [-0.39, 0.29) is 30.8 Å². The van der Waals surface area contributed by atoms with Gasteiger partial charge < -0.3 is 15.5 Å². The highest BCUT2D eigenvalue weighted by molar-refractivity contribution is 5.97. The van der Waals surface area contributed by atoms with Crippen LogP contribution in [-0.4, -0.2) is 35.3 Å². The number of rotatable bonds is 6. The number of carbonyl (C=O) groups is 3. The summed E-state index contributed by atoms with van der Waals surface area (Å²) in [7, 11) is 0. The standard InChI is InChI=1S/C22H22F3N3O3/c1-14(16-5-3-2-4-6-16)28-13-17(11-19(28)29)20(30)27-18-9-7-15(8-10-18)12-26-21(31)22(23,24)25/h2-10,14,17H,11-13H2,1H3,(H,26,31)(H,27,30). The lowest BCUT2D eigenvalue weighted by Gasteiger charge is -2.25. The lowest BCUT2D eigenvalue weighted by Crippen LogP contribution is -2.36. The zero-order chi connectivity index (χ0) is 22.6. The number of hydrogen-bond acceptors (Lipinski definition) is 3. The quantitative estimate of drug-likeness (QED) is 0.733. The Hall–Kier alpha value is -3.36. The second kappa shape index (κ2) is 9.20. The number of nitrogens with one attached hydrogen (secondary N) is 2. The summed E-state index contributed by atoms with van der Waals surface area (Å²) in [6.45, 7) is 1.95. The Morgan fingerprint density at radius 1 is 1.10 bits per heavy atom. The lowest BCUT2D eigenvalue weighted by atomic mass is 10.1. The third-order valence-corrected chi connectivity index (χ3v) is 5.21. The molecule has 2 aromatic carbocycles. The van der Waals surface area contributed by atoms with E-state index in [0.29, 0.717) is 17.8 Å². The number of anilines is 1. The van der Waals surface area contributed by atoms with Crippen LogP contribution in [0.3, 0.4) is 0 Å². The monoisotopic (exact) mass is 433 g/mol. The van der Waals surface area contributed by atoms with Crippen LogP contribution in [0.5, 0.6) is 0 Å². The van der Waals surface area contributed by atoms with Crippen molar-refractivity contribution in [3.05, 3.63) is 65.7 Å². The molecule has 3 amide bonds. The zero-order valence-electron chi connectivity index (χ0n) is 16.8. The van der Waals surface area contributed by atoms with E-state index in [2.05, 4.69) is 5.32 Å². The Kier molecular flexibility index (Phi) is 6.62. The number of alkyl halides is 3. The first-order chi connectivity index (χ1) is 14.6. The summed E-state index contributed by atoms with van der Waals surface area (Å²) in [5.41, 5.74) is 1.90. The molecule has 164 valence electrons. The minimum atomic E-state index is -4.93. The molecule has 2 atom stereocenters. The van der Waals surface area contributed by atoms with Crippen LogP contribution in [0.4, 0.5) is 18.9 Å². The van der Waals surface area contributed by atoms with Gasteiger partial charge in [0.1, 0.15) is 0 Å². The van der Waals surface area contributed by atoms with Crippen LogP contribution in [0.2, 0.25) is 0 Å². The van der Waals surface area contributed by atoms with Gasteiger partial charge >= 0.3 is 12.1 Å². The molecule has 0 radical (unpaired) electrons. The molecule has 9 heteroatoms. The smallest absolute Gasteiger partial charge is 0.344 e. The third-order valence-electron chi connectivity index (χ3n) is 5.21. The van der Waals surface area contributed by atoms with E-state index in [1.165, 1.54) is 24.3 Å². The second-order valence-electron chi connectivity index (χ2n) is 7.40. The minimum Gasteiger partial charge on any atom is -0.344 e. The number of hydrogen-bond donors (Lipinski definition) is 2. The first kappa shape index (κ1) is 22.3. The van der Waals surface area contributed by atoms with Crippen molar-refractivity contribution < 1.29 is 27.6 Å². The summed E-state index contributed by atoms with van der Waals surface area (Å²) in [5, 5.41) is 4.52. The van der Waals surface area contributed by atoms with Crippen molar-refractivity contribution in [1.29, 1.82) is 0 Å². The number of carbonyl (C=O) groups excluding carboxylic acids is 3. The van der Waals surface area contributed by atoms with Crippen LogP contribution < -0.4 is 10.6 Å². The third kappa shape index (κ3) is 5.62. The Bertz CT molecular complexity index is 946. The van der Waals surface area contributed by atoms with E-state index in [1.54, 1.807) is 10.2 Å². The number of amides is 3. The van der Waals surface area contributed by atoms with Crippen LogP contribution in [0.1, 0.15) is 30.5 Å². The molecule has 2 unspecified atom stereocenters. The van der Waals surface area contributed by atoms with Gasteiger partial charge in [0.25, 0.3) is 0 Å². The van der Waals surface area contributed by atoms with Crippen LogP contribution in [-0.2, 0) is 20.9 Å². The fraction of sp³-hybridized carbons (Fsp3) is 0.318. The van der Waals surface area contributed by atoms with Crippen molar-refractivity contribution in [2.75, 3.05) is 11.9 Å². The molecule has 0 bridgehead atoms. The van der Waals surface area contributed by atoms with Gasteiger partial charge in [-0.3, -0.25) is 14.4 Å². The maximum absolute atomic E-state index is 12.6. The molecule has 1 heterocycles. The van der Waals surface area contributed by atoms with Crippen LogP contribution >= 0.6 is 0 Å². The summed E-state index contributed by atoms with van der Waals surface area (Å²) in [6, 6.07) is 15.5. The van der Waals surface area contributed by atoms with Crippen molar-refractivity contribution >= 4 is 23.4 Å². The molecule has 0 spiro atoms. The highest BCUT2D eigenvalue weighted by Crippen LogP contribution is 2.29. The Balaban J connectivity index is 1.54. The molecule has 0 aliphatic carbocycles. The van der Waals surface area contributed by atoms with Crippen molar-refractivity contribution in [3.63, 3.8) is 0 Å². The van der Waals surface area contributed by atoms with Crippen LogP contribution in [0, 0.1) is 5.92 Å². The van der Waals surface area contributed by atoms with Gasteiger partial charge in [0.05, 0.1) is 12.0 Å². The molecule has 0 aromatic heterocycles. The number of benzene rings is 2. The maximum Gasteiger partial charge on any atom is 0.471 e. The van der Waals surface area contributed by atoms with Crippen molar-refractivity contribution in [2.45, 2.75) is 32.1 Å². The molecular formula is C22H22F3N3O3. The van der Waals surface area contributed by atoms with Gasteiger partial charge in [0.2, 0.25) is 11.8 Å². The molecule has 1 aliphatic rings. The number of likely N-dealkylation sites (tertiary alicyclic amines) is 1. The van der Waals surface area contributed by atoms with Crippen molar-refractivity contribution in [1.82, 2.24) is 10.2 Å². The van der Waals surface area contributed by atoms with Gasteiger partial charge in [0, 0.05) is 25.2 Å². The van der Waals surface area contributed by atoms with Gasteiger partial charge in [-0.2, -0.15) is 13.2 Å². The Labute approximate surface area is 177 Å². The highest BCUT2D eigenvalue weighted by Gasteiger charge is 2.38. The molecule has 3 rings (SSSR count). The summed E-state index contributed by atoms with van der Waals surface area (Å²) in [4.78, 5) is 37.6. The van der Waals surface area contributed by atoms with Crippen LogP contribution in [0.15, 0.2) is 54.6 Å². The molecule has 1 aliphatic heterocycles. The molecule has 6 nitrogen and oxygen atoms in total. The van der Waals surface area contributed by atoms with Gasteiger partial charge in [-0.1, -0.05) is 42.5 Å². The normalized spacial score (nSPS) is 17.4. The molecule has 0 saturated carbocycles. The molecule has 1 fully saturated rings. The minimum absolute atomic E-state index is 0.0905. The summed E-state index contributed by atoms with van der Waals surface area (Å²) < 4.78 is 36.7. The summed E-state index contributed by atoms with van der Waals surface area (Å²) >= 11 is 0. The predicted octanol–water partition coefficient (Wildman–Crippen LogP) is 3.41. The van der Waals surface area contributed by atoms with Crippen molar-refractivity contribution in [3.8, 4) is 0 Å². The Morgan fingerprint density at radius 3 is 2.35 bits per heavy atom. The molecular weight excluding hydrogens is 411 g/mol. The van der Waals surface area contributed by atoms with E-state index in [4.69, 9.17) is 0 Å². The van der Waals surface area contributed by atoms with Gasteiger partial charge in [-0.15, -0.1) is 0 Å². The molecule has 2 N–H and O–H groups in total. The largest absolute Gasteiger partial charge is 0.471 e. The van der Waals surface area contributed by atoms with Crippen molar-refractivity contribution in [2.24, 2.45) is 5.92 Å². The number of halogens is 3. The van der Waals surface area contributed by atoms with Gasteiger partial charge in [-0.05, 0) is 30.2 Å². The topological polar surface area (TPSA) is 78.5 Å². The predicted molar refractivity (Wildman–Crippen MR) is 108 cm³/mol. The van der Waals surface area contributed by atoms with Gasteiger partial charge in [0.15, 0.2) is 0 Å². The van der Waals surface area contributed by atoms with E-state index in [1.807, 2.05) is 37.3 Å². The molecule has 2 aromatic rings. The maximum atomic E-state index is 12.6. The Morgan fingerprint density at radius 2 is 1.74 bits per heavy atom. The average Bonchev–Trinajstić information content (AvgIpc) is 3.14. The summed E-state index contributed by atoms with van der Waals surface area (Å²) in [6.07, 6.45) is -4.82. The molecule has 1 saturated heterocycles. The lowest BCUT2D eigenvalue weighted by molar-refractivity contribution is -0.173. The van der Waals surface area contributed by atoms with E-state index < -0.39 is 18.0 Å². The van der Waals surface area contributed by atoms with E-state index >= 15 is 0 Å². The van der Waals surface area contributed by atoms with Crippen LogP contribution in [0.25, 0.3) is 0 Å². The SMILES string of the molecule is CC(c1ccccc1)N1CC(C(=O)Nc2ccc(CNC(=O)C(F)(F)F)cc2)CC1=O. The molecule has 31 heavy (non-hydrogen) atoms. The zero-order valence-corrected chi connectivity index (χ0v) is 16.8. The second-order valence-corrected chi connectivity index (χ2v) is 7.40. The number of nitrogens with zero attached hydrogens (tertiary/aromatic N) is 1. The first-order valence-corrected chi connectivity index (χ1v) is 9.74. The summed E-state index contributed by atoms with van der Waals surface area (Å²) in [5.74, 6) is -2.89. The van der Waals surface area contributed by atoms with E-state index in [9.17, 15) is 27.6 Å². The fourth-order valence-electron chi connectivity index (χ4n) is 3.43. The first-order valence-electron chi connectivity index (χ1n) is 9.74. The fourth-order valence-corrected chi connectivity index (χ4v) is 3.43. The average molecular weight is 433 g/mol. The van der Waals surface area contributed by atoms with Gasteiger partial charge in [-0.25, -0.2) is 0 Å².